The molecule has 0 fully saturated rings. The number of methoxy groups -OCH3 is 1. The summed E-state index contributed by atoms with van der Waals surface area (Å²) in [6.45, 7) is -0.385. The number of nitrogens with zero attached hydrogens (tertiary/aromatic N) is 3. The smallest absolute Gasteiger partial charge is 0.323 e. The van der Waals surface area contributed by atoms with Crippen molar-refractivity contribution in [1.29, 1.82) is 0 Å². The summed E-state index contributed by atoms with van der Waals surface area (Å²) in [4.78, 5) is 30.0. The fraction of sp³-hybridized carbons (Fsp3) is 0.167. The number of rotatable bonds is 4. The Kier molecular flexibility index (Phi) is 3.56. The third-order valence-corrected chi connectivity index (χ3v) is 2.43. The van der Waals surface area contributed by atoms with Gasteiger partial charge in [-0.1, -0.05) is 0 Å². The second-order valence-corrected chi connectivity index (χ2v) is 3.74. The molecular weight excluding hydrogens is 250 g/mol. The van der Waals surface area contributed by atoms with Gasteiger partial charge in [-0.15, -0.1) is 0 Å². The number of aromatic nitrogens is 3. The van der Waals surface area contributed by atoms with Crippen LogP contribution in [0.4, 0.5) is 0 Å². The Labute approximate surface area is 108 Å². The van der Waals surface area contributed by atoms with Crippen LogP contribution in [-0.4, -0.2) is 32.7 Å². The van der Waals surface area contributed by atoms with E-state index >= 15 is 0 Å². The van der Waals surface area contributed by atoms with Gasteiger partial charge in [0.1, 0.15) is 6.54 Å². The summed E-state index contributed by atoms with van der Waals surface area (Å²) in [6.07, 6.45) is 4.54. The molecule has 0 atom stereocenters. The quantitative estimate of drug-likeness (QED) is 0.856. The molecule has 2 aromatic rings. The number of carbonyl (C=O) groups is 1. The Morgan fingerprint density at radius 2 is 2.00 bits per heavy atom. The molecule has 0 saturated carbocycles. The van der Waals surface area contributed by atoms with E-state index in [2.05, 4.69) is 9.97 Å². The van der Waals surface area contributed by atoms with E-state index in [1.807, 2.05) is 0 Å². The minimum Gasteiger partial charge on any atom is -0.480 e. The van der Waals surface area contributed by atoms with E-state index < -0.39 is 5.97 Å². The van der Waals surface area contributed by atoms with Crippen LogP contribution in [0.25, 0.3) is 11.1 Å². The molecule has 2 heterocycles. The van der Waals surface area contributed by atoms with E-state index in [4.69, 9.17) is 9.84 Å². The van der Waals surface area contributed by atoms with Crippen molar-refractivity contribution in [3.63, 3.8) is 0 Å². The molecule has 0 aliphatic rings. The molecule has 0 aliphatic heterocycles. The highest BCUT2D eigenvalue weighted by atomic mass is 16.5. The van der Waals surface area contributed by atoms with Gasteiger partial charge in [-0.2, -0.15) is 0 Å². The third kappa shape index (κ3) is 2.95. The van der Waals surface area contributed by atoms with Gasteiger partial charge >= 0.3 is 12.0 Å². The minimum absolute atomic E-state index is 0.239. The van der Waals surface area contributed by atoms with Gasteiger partial charge in [-0.05, 0) is 6.07 Å². The van der Waals surface area contributed by atoms with Gasteiger partial charge in [0.2, 0.25) is 0 Å². The maximum absolute atomic E-state index is 11.5. The molecule has 0 amide bonds. The van der Waals surface area contributed by atoms with Gasteiger partial charge < -0.3 is 14.4 Å². The first-order valence-electron chi connectivity index (χ1n) is 5.39. The summed E-state index contributed by atoms with van der Waals surface area (Å²) >= 11 is 0. The number of carboxylic acid groups (broad SMARTS) is 1. The maximum atomic E-state index is 11.5. The molecule has 0 saturated heterocycles. The standard InChI is InChI=1S/C12H11N3O4/c1-19-12-13-4-9(5-14-12)8-2-3-10(16)15(6-8)7-11(17)18/h2-6H,7H2,1H3,(H,17,18). The summed E-state index contributed by atoms with van der Waals surface area (Å²) in [5, 5.41) is 8.72. The highest BCUT2D eigenvalue weighted by Gasteiger charge is 2.06. The zero-order valence-electron chi connectivity index (χ0n) is 10.1. The first-order valence-corrected chi connectivity index (χ1v) is 5.39. The van der Waals surface area contributed by atoms with Crippen molar-refractivity contribution in [2.75, 3.05) is 7.11 Å². The Hall–Kier alpha value is -2.70. The molecule has 0 unspecified atom stereocenters. The Morgan fingerprint density at radius 1 is 1.32 bits per heavy atom. The zero-order chi connectivity index (χ0) is 13.8. The number of hydrogen-bond acceptors (Lipinski definition) is 5. The molecule has 0 spiro atoms. The monoisotopic (exact) mass is 261 g/mol. The molecular formula is C12H11N3O4. The molecule has 0 aromatic carbocycles. The molecule has 0 bridgehead atoms. The lowest BCUT2D eigenvalue weighted by molar-refractivity contribution is -0.137. The van der Waals surface area contributed by atoms with E-state index in [1.165, 1.54) is 31.8 Å². The van der Waals surface area contributed by atoms with Gasteiger partial charge in [-0.3, -0.25) is 9.59 Å². The molecule has 2 rings (SSSR count). The molecule has 19 heavy (non-hydrogen) atoms. The van der Waals surface area contributed by atoms with E-state index in [9.17, 15) is 9.59 Å². The topological polar surface area (TPSA) is 94.3 Å². The van der Waals surface area contributed by atoms with Crippen LogP contribution in [-0.2, 0) is 11.3 Å². The van der Waals surface area contributed by atoms with Crippen molar-refractivity contribution in [2.24, 2.45) is 0 Å². The molecule has 7 heteroatoms. The van der Waals surface area contributed by atoms with Crippen molar-refractivity contribution >= 4 is 5.97 Å². The van der Waals surface area contributed by atoms with E-state index in [-0.39, 0.29) is 18.1 Å². The molecule has 0 aliphatic carbocycles. The number of pyridine rings is 1. The van der Waals surface area contributed by atoms with Gasteiger partial charge in [-0.25, -0.2) is 9.97 Å². The van der Waals surface area contributed by atoms with Crippen LogP contribution in [0.3, 0.4) is 0 Å². The molecule has 0 radical (unpaired) electrons. The summed E-state index contributed by atoms with van der Waals surface area (Å²) in [5.74, 6) is -1.08. The van der Waals surface area contributed by atoms with Crippen molar-refractivity contribution in [3.8, 4) is 17.1 Å². The van der Waals surface area contributed by atoms with E-state index in [0.717, 1.165) is 4.57 Å². The second kappa shape index (κ2) is 5.30. The van der Waals surface area contributed by atoms with Crippen molar-refractivity contribution in [2.45, 2.75) is 6.54 Å². The lowest BCUT2D eigenvalue weighted by Gasteiger charge is -2.06. The van der Waals surface area contributed by atoms with E-state index in [1.54, 1.807) is 6.07 Å². The summed E-state index contributed by atoms with van der Waals surface area (Å²) in [5.41, 5.74) is 0.948. The van der Waals surface area contributed by atoms with Crippen LogP contribution in [0, 0.1) is 0 Å². The van der Waals surface area contributed by atoms with Gasteiger partial charge in [0, 0.05) is 35.8 Å². The minimum atomic E-state index is -1.08. The number of aliphatic carboxylic acids is 1. The highest BCUT2D eigenvalue weighted by Crippen LogP contribution is 2.16. The molecule has 1 N–H and O–H groups in total. The fourth-order valence-corrected chi connectivity index (χ4v) is 1.54. The largest absolute Gasteiger partial charge is 0.480 e. The summed E-state index contributed by atoms with van der Waals surface area (Å²) in [6, 6.07) is 3.14. The van der Waals surface area contributed by atoms with Gasteiger partial charge in [0.05, 0.1) is 7.11 Å². The Bertz CT molecular complexity index is 649. The zero-order valence-corrected chi connectivity index (χ0v) is 10.1. The highest BCUT2D eigenvalue weighted by molar-refractivity contribution is 5.67. The Morgan fingerprint density at radius 3 is 2.58 bits per heavy atom. The average Bonchev–Trinajstić information content (AvgIpc) is 2.41. The predicted molar refractivity (Wildman–Crippen MR) is 65.9 cm³/mol. The Balaban J connectivity index is 2.39. The van der Waals surface area contributed by atoms with Crippen LogP contribution < -0.4 is 10.3 Å². The first kappa shape index (κ1) is 12.7. The predicted octanol–water partition coefficient (Wildman–Crippen LogP) is 0.399. The lowest BCUT2D eigenvalue weighted by atomic mass is 10.1. The van der Waals surface area contributed by atoms with Crippen molar-refractivity contribution < 1.29 is 14.6 Å². The maximum Gasteiger partial charge on any atom is 0.323 e. The second-order valence-electron chi connectivity index (χ2n) is 3.74. The first-order chi connectivity index (χ1) is 9.10. The van der Waals surface area contributed by atoms with Crippen LogP contribution in [0.1, 0.15) is 0 Å². The molecule has 7 nitrogen and oxygen atoms in total. The van der Waals surface area contributed by atoms with Gasteiger partial charge in [0.15, 0.2) is 0 Å². The van der Waals surface area contributed by atoms with Crippen LogP contribution >= 0.6 is 0 Å². The van der Waals surface area contributed by atoms with Gasteiger partial charge in [0.25, 0.3) is 5.56 Å². The van der Waals surface area contributed by atoms with Crippen molar-refractivity contribution in [3.05, 3.63) is 41.1 Å². The summed E-state index contributed by atoms with van der Waals surface area (Å²) < 4.78 is 5.96. The SMILES string of the molecule is COc1ncc(-c2ccc(=O)n(CC(=O)O)c2)cn1. The summed E-state index contributed by atoms with van der Waals surface area (Å²) in [7, 11) is 1.46. The average molecular weight is 261 g/mol. The normalized spacial score (nSPS) is 10.2. The fourth-order valence-electron chi connectivity index (χ4n) is 1.54. The number of ether oxygens (including phenoxy) is 1. The number of carboxylic acids is 1. The molecule has 98 valence electrons. The van der Waals surface area contributed by atoms with Crippen LogP contribution in [0.15, 0.2) is 35.5 Å². The van der Waals surface area contributed by atoms with Crippen LogP contribution in [0.2, 0.25) is 0 Å². The lowest BCUT2D eigenvalue weighted by Crippen LogP contribution is -2.22. The van der Waals surface area contributed by atoms with Crippen molar-refractivity contribution in [1.82, 2.24) is 14.5 Å². The van der Waals surface area contributed by atoms with Crippen LogP contribution in [0.5, 0.6) is 6.01 Å². The third-order valence-electron chi connectivity index (χ3n) is 2.43. The molecule has 2 aromatic heterocycles. The number of hydrogen-bond donors (Lipinski definition) is 1. The van der Waals surface area contributed by atoms with E-state index in [0.29, 0.717) is 11.1 Å².